The first kappa shape index (κ1) is 17.1. The first-order chi connectivity index (χ1) is 11.0. The summed E-state index contributed by atoms with van der Waals surface area (Å²) in [6.45, 7) is 7.60. The molecule has 0 radical (unpaired) electrons. The zero-order valence-electron chi connectivity index (χ0n) is 13.9. The van der Waals surface area contributed by atoms with E-state index in [-0.39, 0.29) is 24.4 Å². The van der Waals surface area contributed by atoms with Crippen LogP contribution < -0.4 is 10.2 Å². The fourth-order valence-electron chi connectivity index (χ4n) is 2.81. The second kappa shape index (κ2) is 7.80. The molecule has 7 nitrogen and oxygen atoms in total. The molecule has 1 aliphatic rings. The minimum absolute atomic E-state index is 0.0843. The quantitative estimate of drug-likeness (QED) is 0.777. The molecule has 0 spiro atoms. The number of aromatic nitrogens is 2. The van der Waals surface area contributed by atoms with E-state index < -0.39 is 0 Å². The van der Waals surface area contributed by atoms with Gasteiger partial charge in [0.1, 0.15) is 0 Å². The number of aryl methyl sites for hydroxylation is 1. The normalized spacial score (nSPS) is 15.3. The lowest BCUT2D eigenvalue weighted by molar-refractivity contribution is -0.132. The Morgan fingerprint density at radius 2 is 2.17 bits per heavy atom. The number of carbonyl (C=O) groups is 2. The van der Waals surface area contributed by atoms with Crippen molar-refractivity contribution in [1.82, 2.24) is 19.8 Å². The minimum Gasteiger partial charge on any atom is -0.352 e. The van der Waals surface area contributed by atoms with Crippen molar-refractivity contribution in [2.24, 2.45) is 7.05 Å². The van der Waals surface area contributed by atoms with Crippen LogP contribution in [0.15, 0.2) is 25.0 Å². The van der Waals surface area contributed by atoms with Crippen LogP contribution in [0.1, 0.15) is 19.8 Å². The highest BCUT2D eigenvalue weighted by atomic mass is 16.2. The van der Waals surface area contributed by atoms with Gasteiger partial charge in [-0.25, -0.2) is 4.98 Å². The van der Waals surface area contributed by atoms with E-state index in [1.807, 2.05) is 24.7 Å². The summed E-state index contributed by atoms with van der Waals surface area (Å²) in [6, 6.07) is 0.150. The molecule has 126 valence electrons. The zero-order valence-corrected chi connectivity index (χ0v) is 13.9. The van der Waals surface area contributed by atoms with E-state index in [2.05, 4.69) is 21.8 Å². The maximum Gasteiger partial charge on any atom is 0.246 e. The van der Waals surface area contributed by atoms with Crippen molar-refractivity contribution in [3.63, 3.8) is 0 Å². The Morgan fingerprint density at radius 3 is 2.70 bits per heavy atom. The molecule has 1 aliphatic heterocycles. The summed E-state index contributed by atoms with van der Waals surface area (Å²) in [5.74, 6) is 0.633. The first-order valence-corrected chi connectivity index (χ1v) is 7.98. The number of rotatable bonds is 6. The minimum atomic E-state index is -0.216. The van der Waals surface area contributed by atoms with Crippen molar-refractivity contribution in [2.75, 3.05) is 31.1 Å². The smallest absolute Gasteiger partial charge is 0.246 e. The molecule has 0 atom stereocenters. The molecule has 2 rings (SSSR count). The summed E-state index contributed by atoms with van der Waals surface area (Å²) in [7, 11) is 1.98. The molecular weight excluding hydrogens is 294 g/mol. The number of piperidine rings is 1. The summed E-state index contributed by atoms with van der Waals surface area (Å²) in [6.07, 6.45) is 6.71. The van der Waals surface area contributed by atoms with Gasteiger partial charge in [-0.3, -0.25) is 9.59 Å². The number of hydrogen-bond acceptors (Lipinski definition) is 4. The molecule has 1 N–H and O–H groups in total. The number of likely N-dealkylation sites (N-methyl/N-ethyl adjacent to an activating group) is 1. The third kappa shape index (κ3) is 4.34. The Kier molecular flexibility index (Phi) is 5.78. The van der Waals surface area contributed by atoms with Crippen LogP contribution in [-0.4, -0.2) is 58.5 Å². The third-order valence-corrected chi connectivity index (χ3v) is 4.14. The Morgan fingerprint density at radius 1 is 1.48 bits per heavy atom. The largest absolute Gasteiger partial charge is 0.352 e. The van der Waals surface area contributed by atoms with Gasteiger partial charge in [0.25, 0.3) is 0 Å². The average Bonchev–Trinajstić information content (AvgIpc) is 2.98. The highest BCUT2D eigenvalue weighted by molar-refractivity contribution is 5.90. The monoisotopic (exact) mass is 319 g/mol. The van der Waals surface area contributed by atoms with E-state index in [1.54, 1.807) is 6.20 Å². The number of nitrogens with one attached hydrogen (secondary N) is 1. The summed E-state index contributed by atoms with van der Waals surface area (Å²) < 4.78 is 2.00. The molecule has 23 heavy (non-hydrogen) atoms. The molecule has 0 aromatic carbocycles. The SMILES string of the molecule is C=CC(=O)N(CC)CC(=O)NC1CCN(c2nccn2C)CC1. The van der Waals surface area contributed by atoms with Crippen LogP contribution >= 0.6 is 0 Å². The Bertz CT molecular complexity index is 561. The fourth-order valence-corrected chi connectivity index (χ4v) is 2.81. The number of imidazole rings is 1. The van der Waals surface area contributed by atoms with Crippen LogP contribution in [0, 0.1) is 0 Å². The predicted molar refractivity (Wildman–Crippen MR) is 89.0 cm³/mol. The number of anilines is 1. The second-order valence-corrected chi connectivity index (χ2v) is 5.72. The molecule has 2 heterocycles. The average molecular weight is 319 g/mol. The number of nitrogens with zero attached hydrogens (tertiary/aromatic N) is 4. The van der Waals surface area contributed by atoms with Gasteiger partial charge in [0.2, 0.25) is 17.8 Å². The van der Waals surface area contributed by atoms with Gasteiger partial charge in [0.15, 0.2) is 0 Å². The maximum absolute atomic E-state index is 12.1. The van der Waals surface area contributed by atoms with Gasteiger partial charge in [-0.1, -0.05) is 6.58 Å². The van der Waals surface area contributed by atoms with Crippen LogP contribution in [0.3, 0.4) is 0 Å². The molecule has 1 aromatic rings. The van der Waals surface area contributed by atoms with Crippen molar-refractivity contribution in [1.29, 1.82) is 0 Å². The van der Waals surface area contributed by atoms with Crippen molar-refractivity contribution in [3.8, 4) is 0 Å². The van der Waals surface area contributed by atoms with Gasteiger partial charge in [-0.2, -0.15) is 0 Å². The molecule has 1 fully saturated rings. The standard InChI is InChI=1S/C16H25N5O2/c1-4-15(23)20(5-2)12-14(22)18-13-6-9-21(10-7-13)16-17-8-11-19(16)3/h4,8,11,13H,1,5-7,9-10,12H2,2-3H3,(H,18,22). The van der Waals surface area contributed by atoms with Crippen LogP contribution in [0.4, 0.5) is 5.95 Å². The van der Waals surface area contributed by atoms with Crippen molar-refractivity contribution < 1.29 is 9.59 Å². The van der Waals surface area contributed by atoms with Gasteiger partial charge < -0.3 is 19.7 Å². The van der Waals surface area contributed by atoms with Crippen LogP contribution in [0.2, 0.25) is 0 Å². The molecule has 0 bridgehead atoms. The van der Waals surface area contributed by atoms with E-state index in [9.17, 15) is 9.59 Å². The fraction of sp³-hybridized carbons (Fsp3) is 0.562. The Labute approximate surface area is 137 Å². The molecule has 7 heteroatoms. The number of amides is 2. The molecule has 0 saturated carbocycles. The van der Waals surface area contributed by atoms with E-state index in [0.29, 0.717) is 6.54 Å². The summed E-state index contributed by atoms with van der Waals surface area (Å²) in [5, 5.41) is 3.02. The summed E-state index contributed by atoms with van der Waals surface area (Å²) in [4.78, 5) is 31.7. The Hall–Kier alpha value is -2.31. The van der Waals surface area contributed by atoms with Crippen molar-refractivity contribution in [2.45, 2.75) is 25.8 Å². The van der Waals surface area contributed by atoms with Crippen LogP contribution in [-0.2, 0) is 16.6 Å². The van der Waals surface area contributed by atoms with Crippen LogP contribution in [0.25, 0.3) is 0 Å². The second-order valence-electron chi connectivity index (χ2n) is 5.72. The summed E-state index contributed by atoms with van der Waals surface area (Å²) >= 11 is 0. The molecule has 0 aliphatic carbocycles. The van der Waals surface area contributed by atoms with E-state index in [0.717, 1.165) is 31.9 Å². The van der Waals surface area contributed by atoms with Gasteiger partial charge >= 0.3 is 0 Å². The Balaban J connectivity index is 1.79. The van der Waals surface area contributed by atoms with E-state index in [4.69, 9.17) is 0 Å². The van der Waals surface area contributed by atoms with Gasteiger partial charge in [-0.05, 0) is 25.8 Å². The lowest BCUT2D eigenvalue weighted by Gasteiger charge is -2.33. The van der Waals surface area contributed by atoms with Crippen molar-refractivity contribution >= 4 is 17.8 Å². The summed E-state index contributed by atoms with van der Waals surface area (Å²) in [5.41, 5.74) is 0. The first-order valence-electron chi connectivity index (χ1n) is 7.98. The number of hydrogen-bond donors (Lipinski definition) is 1. The van der Waals surface area contributed by atoms with Gasteiger partial charge in [0.05, 0.1) is 6.54 Å². The molecule has 0 unspecified atom stereocenters. The topological polar surface area (TPSA) is 70.5 Å². The van der Waals surface area contributed by atoms with E-state index in [1.165, 1.54) is 11.0 Å². The van der Waals surface area contributed by atoms with Crippen LogP contribution in [0.5, 0.6) is 0 Å². The lowest BCUT2D eigenvalue weighted by atomic mass is 10.1. The van der Waals surface area contributed by atoms with Crippen molar-refractivity contribution in [3.05, 3.63) is 25.0 Å². The lowest BCUT2D eigenvalue weighted by Crippen LogP contribution is -2.48. The maximum atomic E-state index is 12.1. The number of carbonyl (C=O) groups excluding carboxylic acids is 2. The highest BCUT2D eigenvalue weighted by Crippen LogP contribution is 2.17. The molecule has 1 aromatic heterocycles. The molecule has 2 amide bonds. The zero-order chi connectivity index (χ0) is 16.8. The van der Waals surface area contributed by atoms with E-state index >= 15 is 0 Å². The molecular formula is C16H25N5O2. The highest BCUT2D eigenvalue weighted by Gasteiger charge is 2.23. The third-order valence-electron chi connectivity index (χ3n) is 4.14. The van der Waals surface area contributed by atoms with Gasteiger partial charge in [-0.15, -0.1) is 0 Å². The molecule has 1 saturated heterocycles. The predicted octanol–water partition coefficient (Wildman–Crippen LogP) is 0.540. The van der Waals surface area contributed by atoms with Gasteiger partial charge in [0, 0.05) is 45.1 Å².